The van der Waals surface area contributed by atoms with Crippen LogP contribution in [0.2, 0.25) is 0 Å². The van der Waals surface area contributed by atoms with Crippen LogP contribution in [0.25, 0.3) is 0 Å². The number of amides is 1. The summed E-state index contributed by atoms with van der Waals surface area (Å²) in [7, 11) is 3.59. The van der Waals surface area contributed by atoms with Gasteiger partial charge in [-0.25, -0.2) is 0 Å². The van der Waals surface area contributed by atoms with Crippen molar-refractivity contribution in [2.75, 3.05) is 20.7 Å². The van der Waals surface area contributed by atoms with Crippen molar-refractivity contribution in [3.8, 4) is 0 Å². The second-order valence-electron chi connectivity index (χ2n) is 5.45. The Kier molecular flexibility index (Phi) is 6.57. The molecule has 0 aliphatic heterocycles. The third-order valence-corrected chi connectivity index (χ3v) is 3.46. The molecule has 2 atom stereocenters. The van der Waals surface area contributed by atoms with Crippen molar-refractivity contribution in [2.45, 2.75) is 26.9 Å². The minimum absolute atomic E-state index is 0.183. The zero-order chi connectivity index (χ0) is 14.3. The lowest BCUT2D eigenvalue weighted by molar-refractivity contribution is -0.130. The molecular weight excluding hydrogens is 238 g/mol. The molecule has 0 fully saturated rings. The fraction of sp³-hybridized carbons (Fsp3) is 0.562. The number of rotatable bonds is 7. The predicted octanol–water partition coefficient (Wildman–Crippen LogP) is 2.95. The number of nitrogens with zero attached hydrogens (tertiary/aromatic N) is 1. The fourth-order valence-corrected chi connectivity index (χ4v) is 1.76. The monoisotopic (exact) mass is 263 g/mol. The molecule has 0 aliphatic rings. The minimum Gasteiger partial charge on any atom is -0.376 e. The van der Waals surface area contributed by atoms with Crippen molar-refractivity contribution in [1.29, 1.82) is 0 Å². The average Bonchev–Trinajstić information content (AvgIpc) is 2.39. The molecule has 0 radical (unpaired) electrons. The van der Waals surface area contributed by atoms with Gasteiger partial charge in [0.2, 0.25) is 5.91 Å². The van der Waals surface area contributed by atoms with Gasteiger partial charge in [-0.05, 0) is 17.4 Å². The minimum atomic E-state index is 0.183. The molecule has 0 unspecified atom stereocenters. The molecule has 19 heavy (non-hydrogen) atoms. The first kappa shape index (κ1) is 15.7. The van der Waals surface area contributed by atoms with Gasteiger partial charge in [-0.15, -0.1) is 0 Å². The summed E-state index contributed by atoms with van der Waals surface area (Å²) in [5.74, 6) is 0.903. The van der Waals surface area contributed by atoms with Crippen molar-refractivity contribution in [3.63, 3.8) is 0 Å². The molecule has 0 aliphatic carbocycles. The van der Waals surface area contributed by atoms with Crippen LogP contribution < -0.4 is 0 Å². The molecule has 0 aromatic heterocycles. The number of ether oxygens (including phenoxy) is 1. The number of carbonyl (C=O) groups is 1. The Labute approximate surface area is 116 Å². The van der Waals surface area contributed by atoms with Crippen LogP contribution in [0, 0.1) is 11.8 Å². The van der Waals surface area contributed by atoms with Crippen LogP contribution in [0.3, 0.4) is 0 Å². The summed E-state index contributed by atoms with van der Waals surface area (Å²) in [4.78, 5) is 13.3. The summed E-state index contributed by atoms with van der Waals surface area (Å²) in [6, 6.07) is 10.1. The summed E-state index contributed by atoms with van der Waals surface area (Å²) in [6.45, 7) is 5.58. The Hall–Kier alpha value is -1.35. The molecular formula is C16H25NO2. The Balaban J connectivity index is 2.27. The second-order valence-corrected chi connectivity index (χ2v) is 5.45. The lowest BCUT2D eigenvalue weighted by atomic mass is 9.93. The molecule has 3 nitrogen and oxygen atoms in total. The van der Waals surface area contributed by atoms with Gasteiger partial charge < -0.3 is 9.64 Å². The molecule has 1 aromatic rings. The maximum atomic E-state index is 11.6. The van der Waals surface area contributed by atoms with Crippen molar-refractivity contribution >= 4 is 5.91 Å². The Bertz CT molecular complexity index is 376. The SMILES string of the molecule is C[C@H](COCc1ccccc1)[C@@H](C)CC(=O)N(C)C. The highest BCUT2D eigenvalue weighted by atomic mass is 16.5. The zero-order valence-electron chi connectivity index (χ0n) is 12.4. The van der Waals surface area contributed by atoms with E-state index in [-0.39, 0.29) is 5.91 Å². The number of benzene rings is 1. The fourth-order valence-electron chi connectivity index (χ4n) is 1.76. The van der Waals surface area contributed by atoms with Gasteiger partial charge in [0.25, 0.3) is 0 Å². The maximum absolute atomic E-state index is 11.6. The second kappa shape index (κ2) is 7.95. The van der Waals surface area contributed by atoms with Gasteiger partial charge in [0.1, 0.15) is 0 Å². The first-order chi connectivity index (χ1) is 9.00. The summed E-state index contributed by atoms with van der Waals surface area (Å²) in [5, 5.41) is 0. The highest BCUT2D eigenvalue weighted by molar-refractivity contribution is 5.75. The number of carbonyl (C=O) groups excluding carboxylic acids is 1. The van der Waals surface area contributed by atoms with E-state index in [0.717, 1.165) is 0 Å². The van der Waals surface area contributed by atoms with Gasteiger partial charge >= 0.3 is 0 Å². The smallest absolute Gasteiger partial charge is 0.222 e. The van der Waals surface area contributed by atoms with Crippen LogP contribution in [0.15, 0.2) is 30.3 Å². The van der Waals surface area contributed by atoms with E-state index in [9.17, 15) is 4.79 Å². The highest BCUT2D eigenvalue weighted by Gasteiger charge is 2.17. The first-order valence-electron chi connectivity index (χ1n) is 6.82. The van der Waals surface area contributed by atoms with Gasteiger partial charge in [-0.3, -0.25) is 4.79 Å². The van der Waals surface area contributed by atoms with Crippen LogP contribution in [0.1, 0.15) is 25.8 Å². The molecule has 106 valence electrons. The van der Waals surface area contributed by atoms with Gasteiger partial charge in [0, 0.05) is 27.1 Å². The zero-order valence-corrected chi connectivity index (χ0v) is 12.4. The van der Waals surface area contributed by atoms with E-state index in [4.69, 9.17) is 4.74 Å². The molecule has 0 saturated heterocycles. The van der Waals surface area contributed by atoms with Crippen LogP contribution >= 0.6 is 0 Å². The molecule has 3 heteroatoms. The van der Waals surface area contributed by atoms with Crippen LogP contribution in [-0.2, 0) is 16.1 Å². The summed E-state index contributed by atoms with van der Waals surface area (Å²) < 4.78 is 5.72. The molecule has 0 saturated carbocycles. The number of hydrogen-bond donors (Lipinski definition) is 0. The van der Waals surface area contributed by atoms with E-state index in [0.29, 0.717) is 31.5 Å². The predicted molar refractivity (Wildman–Crippen MR) is 77.7 cm³/mol. The summed E-state index contributed by atoms with van der Waals surface area (Å²) in [6.07, 6.45) is 0.586. The first-order valence-corrected chi connectivity index (χ1v) is 6.82. The van der Waals surface area contributed by atoms with Gasteiger partial charge in [0.05, 0.1) is 6.61 Å². The lowest BCUT2D eigenvalue weighted by Gasteiger charge is -2.21. The number of hydrogen-bond acceptors (Lipinski definition) is 2. The van der Waals surface area contributed by atoms with Crippen LogP contribution in [-0.4, -0.2) is 31.5 Å². The molecule has 0 spiro atoms. The molecule has 0 heterocycles. The van der Waals surface area contributed by atoms with Gasteiger partial charge in [0.15, 0.2) is 0 Å². The van der Waals surface area contributed by atoms with Gasteiger partial charge in [-0.2, -0.15) is 0 Å². The molecule has 1 rings (SSSR count). The third kappa shape index (κ3) is 5.88. The standard InChI is InChI=1S/C16H25NO2/c1-13(10-16(18)17(3)4)14(2)11-19-12-15-8-6-5-7-9-15/h5-9,13-14H,10-12H2,1-4H3/t13-,14+/m0/s1. The average molecular weight is 263 g/mol. The van der Waals surface area contributed by atoms with Gasteiger partial charge in [-0.1, -0.05) is 44.2 Å². The Morgan fingerprint density at radius 1 is 1.16 bits per heavy atom. The molecule has 1 aromatic carbocycles. The van der Waals surface area contributed by atoms with E-state index >= 15 is 0 Å². The molecule has 0 bridgehead atoms. The van der Waals surface area contributed by atoms with Crippen LogP contribution in [0.4, 0.5) is 0 Å². The van der Waals surface area contributed by atoms with E-state index in [1.165, 1.54) is 5.56 Å². The topological polar surface area (TPSA) is 29.5 Å². The highest BCUT2D eigenvalue weighted by Crippen LogP contribution is 2.17. The Morgan fingerprint density at radius 3 is 2.37 bits per heavy atom. The summed E-state index contributed by atoms with van der Waals surface area (Å²) in [5.41, 5.74) is 1.19. The Morgan fingerprint density at radius 2 is 1.79 bits per heavy atom. The normalized spacial score (nSPS) is 13.9. The van der Waals surface area contributed by atoms with E-state index in [1.807, 2.05) is 18.2 Å². The van der Waals surface area contributed by atoms with E-state index in [2.05, 4.69) is 26.0 Å². The molecule has 1 amide bonds. The molecule has 0 N–H and O–H groups in total. The van der Waals surface area contributed by atoms with Crippen molar-refractivity contribution in [2.24, 2.45) is 11.8 Å². The largest absolute Gasteiger partial charge is 0.376 e. The van der Waals surface area contributed by atoms with Crippen LogP contribution in [0.5, 0.6) is 0 Å². The van der Waals surface area contributed by atoms with Crippen molar-refractivity contribution in [1.82, 2.24) is 4.90 Å². The quantitative estimate of drug-likeness (QED) is 0.757. The third-order valence-electron chi connectivity index (χ3n) is 3.46. The van der Waals surface area contributed by atoms with Crippen molar-refractivity contribution in [3.05, 3.63) is 35.9 Å². The maximum Gasteiger partial charge on any atom is 0.222 e. The van der Waals surface area contributed by atoms with E-state index < -0.39 is 0 Å². The summed E-state index contributed by atoms with van der Waals surface area (Å²) >= 11 is 0. The lowest BCUT2D eigenvalue weighted by Crippen LogP contribution is -2.26. The van der Waals surface area contributed by atoms with E-state index in [1.54, 1.807) is 19.0 Å². The van der Waals surface area contributed by atoms with Crippen molar-refractivity contribution < 1.29 is 9.53 Å².